The summed E-state index contributed by atoms with van der Waals surface area (Å²) < 4.78 is 56.2. The lowest BCUT2D eigenvalue weighted by molar-refractivity contribution is -0.143. The monoisotopic (exact) mass is 465 g/mol. The number of hydrogen-bond acceptors (Lipinski definition) is 7. The molecule has 1 saturated heterocycles. The molecule has 0 saturated carbocycles. The third-order valence-electron chi connectivity index (χ3n) is 5.54. The molecular weight excluding hydrogens is 438 g/mol. The van der Waals surface area contributed by atoms with Crippen LogP contribution in [0.15, 0.2) is 59.5 Å². The first kappa shape index (κ1) is 23.4. The number of esters is 1. The molecule has 3 atom stereocenters. The zero-order valence-electron chi connectivity index (χ0n) is 17.5. The summed E-state index contributed by atoms with van der Waals surface area (Å²) in [5.74, 6) is -1.41. The van der Waals surface area contributed by atoms with E-state index in [4.69, 9.17) is 4.74 Å². The number of carbonyl (C=O) groups is 1. The van der Waals surface area contributed by atoms with E-state index in [0.717, 1.165) is 17.5 Å². The molecule has 31 heavy (non-hydrogen) atoms. The van der Waals surface area contributed by atoms with Gasteiger partial charge in [-0.2, -0.15) is 0 Å². The fourth-order valence-electron chi connectivity index (χ4n) is 3.83. The van der Waals surface area contributed by atoms with Crippen LogP contribution in [0.2, 0.25) is 0 Å². The van der Waals surface area contributed by atoms with E-state index >= 15 is 0 Å². The summed E-state index contributed by atoms with van der Waals surface area (Å²) in [6.07, 6.45) is 1.02. The summed E-state index contributed by atoms with van der Waals surface area (Å²) in [7, 11) is -6.27. The molecule has 9 heteroatoms. The second-order valence-corrected chi connectivity index (χ2v) is 12.0. The molecule has 1 N–H and O–H groups in total. The Kier molecular flexibility index (Phi) is 7.18. The number of carbonyl (C=O) groups excluding carboxylic acids is 1. The third-order valence-corrected chi connectivity index (χ3v) is 9.71. The van der Waals surface area contributed by atoms with E-state index in [1.165, 1.54) is 19.2 Å². The zero-order chi connectivity index (χ0) is 22.6. The Labute approximate surface area is 183 Å². The predicted molar refractivity (Wildman–Crippen MR) is 118 cm³/mol. The number of nitrogens with one attached hydrogen (secondary N) is 1. The number of methoxy groups -OCH3 is 1. The molecule has 0 aromatic heterocycles. The first-order valence-electron chi connectivity index (χ1n) is 10.1. The van der Waals surface area contributed by atoms with Gasteiger partial charge in [-0.3, -0.25) is 10.1 Å². The Morgan fingerprint density at radius 2 is 1.71 bits per heavy atom. The maximum absolute atomic E-state index is 13.3. The van der Waals surface area contributed by atoms with Gasteiger partial charge in [0.15, 0.2) is 19.7 Å². The summed E-state index contributed by atoms with van der Waals surface area (Å²) in [6, 6.07) is 13.9. The largest absolute Gasteiger partial charge is 0.468 e. The van der Waals surface area contributed by atoms with Crippen LogP contribution in [0.25, 0.3) is 0 Å². The van der Waals surface area contributed by atoms with Crippen LogP contribution in [0, 0.1) is 0 Å². The second-order valence-electron chi connectivity index (χ2n) is 7.70. The number of rotatable bonds is 8. The first-order valence-corrected chi connectivity index (χ1v) is 13.4. The lowest BCUT2D eigenvalue weighted by Gasteiger charge is -2.25. The molecule has 1 aliphatic heterocycles. The molecule has 0 aliphatic carbocycles. The third kappa shape index (κ3) is 5.53. The molecule has 0 spiro atoms. The van der Waals surface area contributed by atoms with Gasteiger partial charge >= 0.3 is 5.97 Å². The molecule has 1 aliphatic rings. The molecule has 0 unspecified atom stereocenters. The highest BCUT2D eigenvalue weighted by Crippen LogP contribution is 2.27. The molecule has 0 bridgehead atoms. The van der Waals surface area contributed by atoms with Gasteiger partial charge in [0.25, 0.3) is 0 Å². The highest BCUT2D eigenvalue weighted by molar-refractivity contribution is 7.96. The highest BCUT2D eigenvalue weighted by Gasteiger charge is 2.47. The van der Waals surface area contributed by atoms with Gasteiger partial charge in [-0.05, 0) is 36.1 Å². The number of aryl methyl sites for hydroxylation is 1. The van der Waals surface area contributed by atoms with Gasteiger partial charge in [0.2, 0.25) is 0 Å². The Bertz CT molecular complexity index is 1110. The van der Waals surface area contributed by atoms with E-state index < -0.39 is 48.7 Å². The van der Waals surface area contributed by atoms with Gasteiger partial charge < -0.3 is 4.74 Å². The van der Waals surface area contributed by atoms with E-state index in [1.807, 2.05) is 37.3 Å². The normalized spacial score (nSPS) is 21.5. The van der Waals surface area contributed by atoms with Crippen molar-refractivity contribution >= 4 is 25.6 Å². The Morgan fingerprint density at radius 1 is 1.06 bits per heavy atom. The van der Waals surface area contributed by atoms with Crippen LogP contribution in [-0.2, 0) is 42.0 Å². The Morgan fingerprint density at radius 3 is 2.29 bits per heavy atom. The maximum Gasteiger partial charge on any atom is 0.323 e. The molecule has 0 amide bonds. The van der Waals surface area contributed by atoms with Crippen molar-refractivity contribution in [3.63, 3.8) is 0 Å². The molecule has 0 radical (unpaired) electrons. The Hall–Kier alpha value is -2.23. The smallest absolute Gasteiger partial charge is 0.323 e. The van der Waals surface area contributed by atoms with Crippen LogP contribution in [-0.4, -0.2) is 58.8 Å². The molecule has 7 nitrogen and oxygen atoms in total. The van der Waals surface area contributed by atoms with Crippen LogP contribution in [0.3, 0.4) is 0 Å². The lowest BCUT2D eigenvalue weighted by Crippen LogP contribution is -2.51. The topological polar surface area (TPSA) is 107 Å². The second kappa shape index (κ2) is 9.50. The lowest BCUT2D eigenvalue weighted by atomic mass is 10.0. The fraction of sp³-hybridized carbons (Fsp3) is 0.409. The van der Waals surface area contributed by atoms with Crippen molar-refractivity contribution < 1.29 is 26.4 Å². The van der Waals surface area contributed by atoms with Gasteiger partial charge in [-0.15, -0.1) is 0 Å². The number of sulfone groups is 2. The first-order chi connectivity index (χ1) is 14.7. The fourth-order valence-corrected chi connectivity index (χ4v) is 8.50. The molecular formula is C22H27NO6S2. The van der Waals surface area contributed by atoms with E-state index in [-0.39, 0.29) is 17.1 Å². The molecule has 1 heterocycles. The predicted octanol–water partition coefficient (Wildman–Crippen LogP) is 1.56. The minimum absolute atomic E-state index is 0.0799. The maximum atomic E-state index is 13.3. The zero-order valence-corrected chi connectivity index (χ0v) is 19.2. The summed E-state index contributed by atoms with van der Waals surface area (Å²) in [5, 5.41) is 1.80. The van der Waals surface area contributed by atoms with E-state index in [1.54, 1.807) is 12.1 Å². The highest BCUT2D eigenvalue weighted by atomic mass is 32.2. The van der Waals surface area contributed by atoms with Gasteiger partial charge in [0.1, 0.15) is 6.04 Å². The van der Waals surface area contributed by atoms with Crippen LogP contribution >= 0.6 is 0 Å². The van der Waals surface area contributed by atoms with E-state index in [0.29, 0.717) is 0 Å². The standard InChI is InChI=1S/C22H27NO6S2/c1-3-16-9-11-18(12-10-16)31(27,28)21-15-30(25,26)14-20(21)23-19(22(24)29-2)13-17-7-5-4-6-8-17/h4-12,19-21,23H,3,13-15H2,1-2H3/t19-,20-,21-/m0/s1. The van der Waals surface area contributed by atoms with Crippen molar-refractivity contribution in [1.82, 2.24) is 5.32 Å². The molecule has 2 aromatic carbocycles. The van der Waals surface area contributed by atoms with E-state index in [2.05, 4.69) is 5.32 Å². The average Bonchev–Trinajstić information content (AvgIpc) is 3.08. The Balaban J connectivity index is 1.90. The molecule has 3 rings (SSSR count). The van der Waals surface area contributed by atoms with Crippen LogP contribution in [0.5, 0.6) is 0 Å². The van der Waals surface area contributed by atoms with Crippen molar-refractivity contribution in [3.8, 4) is 0 Å². The van der Waals surface area contributed by atoms with Crippen molar-refractivity contribution in [3.05, 3.63) is 65.7 Å². The minimum Gasteiger partial charge on any atom is -0.468 e. The summed E-state index contributed by atoms with van der Waals surface area (Å²) in [4.78, 5) is 12.5. The van der Waals surface area contributed by atoms with Crippen LogP contribution in [0.4, 0.5) is 0 Å². The molecule has 2 aromatic rings. The minimum atomic E-state index is -3.93. The summed E-state index contributed by atoms with van der Waals surface area (Å²) >= 11 is 0. The SMILES string of the molecule is CCc1ccc(S(=O)(=O)[C@H]2CS(=O)(=O)C[C@@H]2N[C@@H](Cc2ccccc2)C(=O)OC)cc1. The number of ether oxygens (including phenoxy) is 1. The van der Waals surface area contributed by atoms with Crippen molar-refractivity contribution in [2.45, 2.75) is 42.0 Å². The van der Waals surface area contributed by atoms with Gasteiger partial charge in [0, 0.05) is 6.04 Å². The van der Waals surface area contributed by atoms with Crippen molar-refractivity contribution in [2.24, 2.45) is 0 Å². The van der Waals surface area contributed by atoms with Gasteiger partial charge in [0.05, 0.1) is 28.8 Å². The van der Waals surface area contributed by atoms with Crippen LogP contribution in [0.1, 0.15) is 18.1 Å². The van der Waals surface area contributed by atoms with Crippen molar-refractivity contribution in [2.75, 3.05) is 18.6 Å². The van der Waals surface area contributed by atoms with Crippen molar-refractivity contribution in [1.29, 1.82) is 0 Å². The number of benzene rings is 2. The number of hydrogen-bond donors (Lipinski definition) is 1. The summed E-state index contributed by atoms with van der Waals surface area (Å²) in [5.41, 5.74) is 1.84. The quantitative estimate of drug-likeness (QED) is 0.590. The summed E-state index contributed by atoms with van der Waals surface area (Å²) in [6.45, 7) is 1.96. The molecule has 168 valence electrons. The van der Waals surface area contributed by atoms with Gasteiger partial charge in [-0.25, -0.2) is 16.8 Å². The average molecular weight is 466 g/mol. The van der Waals surface area contributed by atoms with E-state index in [9.17, 15) is 21.6 Å². The van der Waals surface area contributed by atoms with Gasteiger partial charge in [-0.1, -0.05) is 49.4 Å². The van der Waals surface area contributed by atoms with Crippen LogP contribution < -0.4 is 5.32 Å². The molecule has 1 fully saturated rings.